The van der Waals surface area contributed by atoms with Crippen LogP contribution in [0.2, 0.25) is 5.02 Å². The van der Waals surface area contributed by atoms with E-state index in [0.29, 0.717) is 6.42 Å². The van der Waals surface area contributed by atoms with Crippen LogP contribution in [-0.4, -0.2) is 16.2 Å². The fraction of sp³-hybridized carbons (Fsp3) is 0.208. The molecule has 1 aromatic heterocycles. The predicted molar refractivity (Wildman–Crippen MR) is 125 cm³/mol. The Kier molecular flexibility index (Phi) is 6.12. The van der Waals surface area contributed by atoms with E-state index in [9.17, 15) is 4.79 Å². The van der Waals surface area contributed by atoms with E-state index in [1.165, 1.54) is 26.7 Å². The summed E-state index contributed by atoms with van der Waals surface area (Å²) in [6.07, 6.45) is 1.34. The van der Waals surface area contributed by atoms with E-state index >= 15 is 0 Å². The van der Waals surface area contributed by atoms with Crippen LogP contribution in [0.4, 0.5) is 5.69 Å². The molecule has 0 aliphatic carbocycles. The van der Waals surface area contributed by atoms with Crippen LogP contribution < -0.4 is 5.32 Å². The van der Waals surface area contributed by atoms with Gasteiger partial charge in [-0.05, 0) is 67.6 Å². The maximum atomic E-state index is 12.4. The molecule has 4 aromatic rings. The van der Waals surface area contributed by atoms with Gasteiger partial charge in [-0.25, -0.2) is 0 Å². The molecule has 0 spiro atoms. The van der Waals surface area contributed by atoms with E-state index in [0.717, 1.165) is 29.4 Å². The number of carbonyl (C=O) groups is 1. The lowest BCUT2D eigenvalue weighted by atomic mass is 10.1. The van der Waals surface area contributed by atoms with Crippen molar-refractivity contribution in [3.05, 3.63) is 71.8 Å². The predicted octanol–water partition coefficient (Wildman–Crippen LogP) is 6.98. The lowest BCUT2D eigenvalue weighted by Crippen LogP contribution is -2.11. The van der Waals surface area contributed by atoms with E-state index < -0.39 is 0 Å². The number of amides is 1. The van der Waals surface area contributed by atoms with Crippen molar-refractivity contribution in [1.82, 2.24) is 4.57 Å². The molecule has 5 heteroatoms. The minimum Gasteiger partial charge on any atom is -0.341 e. The van der Waals surface area contributed by atoms with Gasteiger partial charge in [-0.1, -0.05) is 29.8 Å². The first-order chi connectivity index (χ1) is 14.2. The monoisotopic (exact) mass is 422 g/mol. The standard InChI is InChI=1S/C24H23ClN2OS/c1-2-27-22-7-4-3-6-20(22)21-16-18(11-14-23(21)27)26-24(28)8-5-15-29-19-12-9-17(25)10-13-19/h3-4,6-7,9-14,16H,2,5,8,15H2,1H3,(H,26,28). The Hall–Kier alpha value is -2.43. The lowest BCUT2D eigenvalue weighted by Gasteiger charge is -2.07. The molecule has 1 amide bonds. The Bertz CT molecular complexity index is 1150. The Morgan fingerprint density at radius 2 is 1.76 bits per heavy atom. The number of anilines is 1. The smallest absolute Gasteiger partial charge is 0.224 e. The van der Waals surface area contributed by atoms with Gasteiger partial charge in [0, 0.05) is 50.4 Å². The molecule has 0 saturated carbocycles. The third-order valence-electron chi connectivity index (χ3n) is 5.00. The average molecular weight is 423 g/mol. The van der Waals surface area contributed by atoms with Crippen molar-refractivity contribution >= 4 is 56.8 Å². The zero-order valence-electron chi connectivity index (χ0n) is 16.3. The Morgan fingerprint density at radius 3 is 2.55 bits per heavy atom. The van der Waals surface area contributed by atoms with Crippen LogP contribution in [-0.2, 0) is 11.3 Å². The zero-order chi connectivity index (χ0) is 20.2. The van der Waals surface area contributed by atoms with Crippen LogP contribution in [0.1, 0.15) is 19.8 Å². The molecule has 0 saturated heterocycles. The van der Waals surface area contributed by atoms with Crippen LogP contribution in [0.3, 0.4) is 0 Å². The summed E-state index contributed by atoms with van der Waals surface area (Å²) in [4.78, 5) is 13.6. The largest absolute Gasteiger partial charge is 0.341 e. The molecule has 1 N–H and O–H groups in total. The molecule has 0 bridgehead atoms. The second-order valence-electron chi connectivity index (χ2n) is 6.95. The number of thioether (sulfide) groups is 1. The van der Waals surface area contributed by atoms with Crippen LogP contribution >= 0.6 is 23.4 Å². The topological polar surface area (TPSA) is 34.0 Å². The number of halogens is 1. The van der Waals surface area contributed by atoms with Crippen molar-refractivity contribution in [2.75, 3.05) is 11.1 Å². The second-order valence-corrected chi connectivity index (χ2v) is 8.55. The third kappa shape index (κ3) is 4.44. The summed E-state index contributed by atoms with van der Waals surface area (Å²) in [5.74, 6) is 0.957. The van der Waals surface area contributed by atoms with E-state index in [-0.39, 0.29) is 5.91 Å². The molecule has 1 heterocycles. The highest BCUT2D eigenvalue weighted by atomic mass is 35.5. The van der Waals surface area contributed by atoms with Crippen molar-refractivity contribution in [3.63, 3.8) is 0 Å². The maximum Gasteiger partial charge on any atom is 0.224 e. The number of rotatable bonds is 7. The van der Waals surface area contributed by atoms with Gasteiger partial charge in [0.1, 0.15) is 0 Å². The summed E-state index contributed by atoms with van der Waals surface area (Å²) in [6.45, 7) is 3.07. The van der Waals surface area contributed by atoms with Crippen molar-refractivity contribution in [3.8, 4) is 0 Å². The van der Waals surface area contributed by atoms with Crippen LogP contribution in [0.25, 0.3) is 21.8 Å². The summed E-state index contributed by atoms with van der Waals surface area (Å²) in [5, 5.41) is 6.20. The van der Waals surface area contributed by atoms with E-state index in [1.54, 1.807) is 11.8 Å². The number of benzene rings is 3. The molecular weight excluding hydrogens is 400 g/mol. The normalized spacial score (nSPS) is 11.2. The highest BCUT2D eigenvalue weighted by Crippen LogP contribution is 2.31. The number of hydrogen-bond acceptors (Lipinski definition) is 2. The molecule has 0 aliphatic rings. The fourth-order valence-electron chi connectivity index (χ4n) is 3.65. The summed E-state index contributed by atoms with van der Waals surface area (Å²) in [5.41, 5.74) is 3.28. The van der Waals surface area contributed by atoms with Crippen LogP contribution in [0, 0.1) is 0 Å². The number of hydrogen-bond donors (Lipinski definition) is 1. The van der Waals surface area contributed by atoms with Gasteiger partial charge < -0.3 is 9.88 Å². The molecule has 3 nitrogen and oxygen atoms in total. The van der Waals surface area contributed by atoms with Gasteiger partial charge in [0.2, 0.25) is 5.91 Å². The highest BCUT2D eigenvalue weighted by molar-refractivity contribution is 7.99. The number of carbonyl (C=O) groups excluding carboxylic acids is 1. The Labute approximate surface area is 180 Å². The van der Waals surface area contributed by atoms with Crippen molar-refractivity contribution < 1.29 is 4.79 Å². The zero-order valence-corrected chi connectivity index (χ0v) is 17.9. The summed E-state index contributed by atoms with van der Waals surface area (Å²) >= 11 is 7.65. The van der Waals surface area contributed by atoms with Crippen molar-refractivity contribution in [2.24, 2.45) is 0 Å². The molecule has 0 unspecified atom stereocenters. The number of nitrogens with one attached hydrogen (secondary N) is 1. The molecule has 0 fully saturated rings. The van der Waals surface area contributed by atoms with Gasteiger partial charge in [0.15, 0.2) is 0 Å². The second kappa shape index (κ2) is 8.93. The molecule has 0 radical (unpaired) electrons. The minimum atomic E-state index is 0.0558. The van der Waals surface area contributed by atoms with E-state index in [4.69, 9.17) is 11.6 Å². The molecule has 0 atom stereocenters. The lowest BCUT2D eigenvalue weighted by molar-refractivity contribution is -0.116. The Balaban J connectivity index is 1.39. The number of nitrogens with zero attached hydrogens (tertiary/aromatic N) is 1. The first-order valence-electron chi connectivity index (χ1n) is 9.85. The first kappa shape index (κ1) is 19.9. The molecule has 148 valence electrons. The SMILES string of the molecule is CCn1c2ccccc2c2cc(NC(=O)CCCSc3ccc(Cl)cc3)ccc21. The minimum absolute atomic E-state index is 0.0558. The van der Waals surface area contributed by atoms with Gasteiger partial charge in [-0.15, -0.1) is 11.8 Å². The van der Waals surface area contributed by atoms with Gasteiger partial charge >= 0.3 is 0 Å². The molecular formula is C24H23ClN2OS. The van der Waals surface area contributed by atoms with Gasteiger partial charge in [-0.2, -0.15) is 0 Å². The summed E-state index contributed by atoms with van der Waals surface area (Å²) in [6, 6.07) is 22.4. The van der Waals surface area contributed by atoms with Crippen molar-refractivity contribution in [1.29, 1.82) is 0 Å². The molecule has 0 aliphatic heterocycles. The number of fused-ring (bicyclic) bond motifs is 3. The number of aromatic nitrogens is 1. The van der Waals surface area contributed by atoms with Crippen molar-refractivity contribution in [2.45, 2.75) is 31.2 Å². The molecule has 4 rings (SSSR count). The highest BCUT2D eigenvalue weighted by Gasteiger charge is 2.10. The van der Waals surface area contributed by atoms with Gasteiger partial charge in [-0.3, -0.25) is 4.79 Å². The quantitative estimate of drug-likeness (QED) is 0.257. The fourth-order valence-corrected chi connectivity index (χ4v) is 4.63. The Morgan fingerprint density at radius 1 is 1.00 bits per heavy atom. The number of aryl methyl sites for hydroxylation is 1. The van der Waals surface area contributed by atoms with E-state index in [2.05, 4.69) is 53.2 Å². The van der Waals surface area contributed by atoms with Crippen LogP contribution in [0.15, 0.2) is 71.6 Å². The number of para-hydroxylation sites is 1. The van der Waals surface area contributed by atoms with Crippen LogP contribution in [0.5, 0.6) is 0 Å². The molecule has 3 aromatic carbocycles. The average Bonchev–Trinajstić information content (AvgIpc) is 3.05. The van der Waals surface area contributed by atoms with E-state index in [1.807, 2.05) is 30.3 Å². The first-order valence-corrected chi connectivity index (χ1v) is 11.2. The van der Waals surface area contributed by atoms with Gasteiger partial charge in [0.25, 0.3) is 0 Å². The third-order valence-corrected chi connectivity index (χ3v) is 6.35. The maximum absolute atomic E-state index is 12.4. The summed E-state index contributed by atoms with van der Waals surface area (Å²) in [7, 11) is 0. The molecule has 29 heavy (non-hydrogen) atoms. The summed E-state index contributed by atoms with van der Waals surface area (Å²) < 4.78 is 2.31. The van der Waals surface area contributed by atoms with Gasteiger partial charge in [0.05, 0.1) is 0 Å².